The number of morpholine rings is 1. The number of ether oxygens (including phenoxy) is 1. The summed E-state index contributed by atoms with van der Waals surface area (Å²) >= 11 is 0. The highest BCUT2D eigenvalue weighted by molar-refractivity contribution is 4.88. The molecule has 1 saturated carbocycles. The summed E-state index contributed by atoms with van der Waals surface area (Å²) in [6, 6.07) is 0.380. The van der Waals surface area contributed by atoms with Crippen LogP contribution in [0.15, 0.2) is 0 Å². The zero-order valence-electron chi connectivity index (χ0n) is 10.6. The van der Waals surface area contributed by atoms with E-state index in [9.17, 15) is 5.11 Å². The molecule has 0 radical (unpaired) electrons. The Bertz CT molecular complexity index is 222. The van der Waals surface area contributed by atoms with Crippen molar-refractivity contribution in [2.45, 2.75) is 57.8 Å². The van der Waals surface area contributed by atoms with Gasteiger partial charge in [-0.05, 0) is 32.1 Å². The van der Waals surface area contributed by atoms with Gasteiger partial charge in [-0.25, -0.2) is 0 Å². The molecule has 0 spiro atoms. The lowest BCUT2D eigenvalue weighted by Crippen LogP contribution is -2.53. The summed E-state index contributed by atoms with van der Waals surface area (Å²) in [5, 5.41) is 10.1. The maximum Gasteiger partial charge on any atom is 0.0695 e. The van der Waals surface area contributed by atoms with Crippen LogP contribution in [0.2, 0.25) is 0 Å². The molecule has 1 heterocycles. The first-order valence-corrected chi connectivity index (χ1v) is 6.74. The molecule has 1 saturated heterocycles. The van der Waals surface area contributed by atoms with Gasteiger partial charge < -0.3 is 9.84 Å². The quantitative estimate of drug-likeness (QED) is 0.778. The molecule has 1 N–H and O–H groups in total. The fourth-order valence-electron chi connectivity index (χ4n) is 3.13. The second-order valence-corrected chi connectivity index (χ2v) is 5.40. The summed E-state index contributed by atoms with van der Waals surface area (Å²) in [6.45, 7) is 7.18. The summed E-state index contributed by atoms with van der Waals surface area (Å²) in [4.78, 5) is 2.45. The maximum absolute atomic E-state index is 10.1. The molecule has 2 fully saturated rings. The number of hydrogen-bond donors (Lipinski definition) is 1. The van der Waals surface area contributed by atoms with Gasteiger partial charge >= 0.3 is 0 Å². The molecule has 0 aromatic heterocycles. The first-order valence-electron chi connectivity index (χ1n) is 6.74. The van der Waals surface area contributed by atoms with Crippen LogP contribution in [0.25, 0.3) is 0 Å². The lowest BCUT2D eigenvalue weighted by Gasteiger charge is -2.43. The van der Waals surface area contributed by atoms with E-state index in [4.69, 9.17) is 4.74 Å². The number of aliphatic hydroxyl groups excluding tert-OH is 1. The molecule has 3 nitrogen and oxygen atoms in total. The van der Waals surface area contributed by atoms with Gasteiger partial charge in [0.15, 0.2) is 0 Å². The van der Waals surface area contributed by atoms with Crippen molar-refractivity contribution < 1.29 is 9.84 Å². The van der Waals surface area contributed by atoms with Gasteiger partial charge in [-0.1, -0.05) is 13.3 Å². The third-order valence-corrected chi connectivity index (χ3v) is 4.21. The largest absolute Gasteiger partial charge is 0.391 e. The topological polar surface area (TPSA) is 32.7 Å². The van der Waals surface area contributed by atoms with E-state index in [-0.39, 0.29) is 6.10 Å². The Kier molecular flexibility index (Phi) is 4.22. The minimum atomic E-state index is -0.118. The Hall–Kier alpha value is -0.120. The highest BCUT2D eigenvalue weighted by Crippen LogP contribution is 2.30. The van der Waals surface area contributed by atoms with Crippen molar-refractivity contribution in [1.29, 1.82) is 0 Å². The monoisotopic (exact) mass is 227 g/mol. The van der Waals surface area contributed by atoms with Crippen LogP contribution in [0.5, 0.6) is 0 Å². The van der Waals surface area contributed by atoms with Crippen molar-refractivity contribution in [2.75, 3.05) is 19.7 Å². The standard InChI is InChI=1S/C13H25NO2/c1-3-11-4-5-13(15)12(8-11)14-6-7-16-10(2)9-14/h10-13,15H,3-9H2,1-2H3. The molecule has 4 unspecified atom stereocenters. The van der Waals surface area contributed by atoms with Crippen LogP contribution in [0, 0.1) is 5.92 Å². The first kappa shape index (κ1) is 12.3. The molecule has 0 aromatic carbocycles. The fraction of sp³-hybridized carbons (Fsp3) is 1.00. The molecule has 4 atom stereocenters. The maximum atomic E-state index is 10.1. The molecule has 2 aliphatic rings. The predicted octanol–water partition coefficient (Wildman–Crippen LogP) is 1.65. The van der Waals surface area contributed by atoms with Gasteiger partial charge in [-0.15, -0.1) is 0 Å². The molecule has 1 aliphatic carbocycles. The highest BCUT2D eigenvalue weighted by Gasteiger charge is 2.34. The van der Waals surface area contributed by atoms with Crippen LogP contribution < -0.4 is 0 Å². The predicted molar refractivity (Wildman–Crippen MR) is 64.4 cm³/mol. The van der Waals surface area contributed by atoms with E-state index in [2.05, 4.69) is 18.7 Å². The van der Waals surface area contributed by atoms with E-state index < -0.39 is 0 Å². The molecule has 94 valence electrons. The Morgan fingerprint density at radius 2 is 2.19 bits per heavy atom. The molecule has 16 heavy (non-hydrogen) atoms. The van der Waals surface area contributed by atoms with E-state index in [0.29, 0.717) is 12.1 Å². The summed E-state index contributed by atoms with van der Waals surface area (Å²) in [5.41, 5.74) is 0. The van der Waals surface area contributed by atoms with Gasteiger partial charge in [0.1, 0.15) is 0 Å². The Labute approximate surface area is 98.8 Å². The molecule has 0 bridgehead atoms. The number of nitrogens with zero attached hydrogens (tertiary/aromatic N) is 1. The van der Waals surface area contributed by atoms with Gasteiger partial charge in [0, 0.05) is 19.1 Å². The number of hydrogen-bond acceptors (Lipinski definition) is 3. The Morgan fingerprint density at radius 3 is 2.88 bits per heavy atom. The summed E-state index contributed by atoms with van der Waals surface area (Å²) in [5.74, 6) is 0.812. The molecule has 2 rings (SSSR count). The van der Waals surface area contributed by atoms with Crippen LogP contribution >= 0.6 is 0 Å². The molecule has 0 aromatic rings. The third-order valence-electron chi connectivity index (χ3n) is 4.21. The summed E-state index contributed by atoms with van der Waals surface area (Å²) < 4.78 is 5.56. The van der Waals surface area contributed by atoms with Crippen molar-refractivity contribution >= 4 is 0 Å². The normalized spacial score (nSPS) is 42.2. The summed E-state index contributed by atoms with van der Waals surface area (Å²) in [6.07, 6.45) is 4.81. The van der Waals surface area contributed by atoms with Gasteiger partial charge in [-0.3, -0.25) is 4.90 Å². The average molecular weight is 227 g/mol. The van der Waals surface area contributed by atoms with Gasteiger partial charge in [0.2, 0.25) is 0 Å². The smallest absolute Gasteiger partial charge is 0.0695 e. The van der Waals surface area contributed by atoms with Crippen LogP contribution in [0.3, 0.4) is 0 Å². The van der Waals surface area contributed by atoms with Crippen molar-refractivity contribution in [2.24, 2.45) is 5.92 Å². The molecule has 0 amide bonds. The minimum absolute atomic E-state index is 0.118. The van der Waals surface area contributed by atoms with Crippen LogP contribution in [0.1, 0.15) is 39.5 Å². The lowest BCUT2D eigenvalue weighted by molar-refractivity contribution is -0.0733. The van der Waals surface area contributed by atoms with Crippen LogP contribution in [-0.2, 0) is 4.74 Å². The van der Waals surface area contributed by atoms with E-state index in [0.717, 1.165) is 32.0 Å². The SMILES string of the molecule is CCC1CCC(O)C(N2CCOC(C)C2)C1. The number of rotatable bonds is 2. The second-order valence-electron chi connectivity index (χ2n) is 5.40. The van der Waals surface area contributed by atoms with Crippen molar-refractivity contribution in [3.05, 3.63) is 0 Å². The van der Waals surface area contributed by atoms with Crippen molar-refractivity contribution in [3.8, 4) is 0 Å². The van der Waals surface area contributed by atoms with E-state index in [1.165, 1.54) is 19.3 Å². The van der Waals surface area contributed by atoms with Crippen molar-refractivity contribution in [3.63, 3.8) is 0 Å². The van der Waals surface area contributed by atoms with Gasteiger partial charge in [0.05, 0.1) is 18.8 Å². The number of aliphatic hydroxyl groups is 1. The van der Waals surface area contributed by atoms with Gasteiger partial charge in [-0.2, -0.15) is 0 Å². The highest BCUT2D eigenvalue weighted by atomic mass is 16.5. The zero-order chi connectivity index (χ0) is 11.5. The minimum Gasteiger partial charge on any atom is -0.391 e. The first-order chi connectivity index (χ1) is 7.70. The third kappa shape index (κ3) is 2.76. The van der Waals surface area contributed by atoms with Gasteiger partial charge in [0.25, 0.3) is 0 Å². The second kappa shape index (κ2) is 5.48. The Balaban J connectivity index is 1.94. The molecular formula is C13H25NO2. The van der Waals surface area contributed by atoms with E-state index in [1.54, 1.807) is 0 Å². The van der Waals surface area contributed by atoms with Crippen LogP contribution in [-0.4, -0.2) is 48.0 Å². The van der Waals surface area contributed by atoms with Crippen LogP contribution in [0.4, 0.5) is 0 Å². The summed E-state index contributed by atoms with van der Waals surface area (Å²) in [7, 11) is 0. The van der Waals surface area contributed by atoms with Crippen molar-refractivity contribution in [1.82, 2.24) is 4.90 Å². The average Bonchev–Trinajstić information content (AvgIpc) is 2.30. The van der Waals surface area contributed by atoms with E-state index in [1.807, 2.05) is 0 Å². The lowest BCUT2D eigenvalue weighted by atomic mass is 9.81. The zero-order valence-corrected chi connectivity index (χ0v) is 10.6. The van der Waals surface area contributed by atoms with E-state index >= 15 is 0 Å². The fourth-order valence-corrected chi connectivity index (χ4v) is 3.13. The molecule has 1 aliphatic heterocycles. The molecular weight excluding hydrogens is 202 g/mol. The Morgan fingerprint density at radius 1 is 1.38 bits per heavy atom. The molecule has 3 heteroatoms.